The van der Waals surface area contributed by atoms with E-state index in [1.807, 2.05) is 0 Å². The minimum absolute atomic E-state index is 0.200. The molecule has 0 aliphatic carbocycles. The zero-order chi connectivity index (χ0) is 12.5. The van der Waals surface area contributed by atoms with E-state index in [0.29, 0.717) is 0 Å². The molecule has 0 amide bonds. The maximum absolute atomic E-state index is 11.1. The van der Waals surface area contributed by atoms with Gasteiger partial charge in [0, 0.05) is 22.3 Å². The molecule has 8 heteroatoms. The van der Waals surface area contributed by atoms with E-state index in [4.69, 9.17) is 15.9 Å². The number of benzene rings is 1. The third kappa shape index (κ3) is 2.29. The molecule has 0 saturated carbocycles. The van der Waals surface area contributed by atoms with Gasteiger partial charge in [-0.1, -0.05) is 0 Å². The smallest absolute Gasteiger partial charge is 0.258 e. The Morgan fingerprint density at radius 3 is 2.44 bits per heavy atom. The Morgan fingerprint density at radius 2 is 2.06 bits per heavy atom. The Labute approximate surface area is 95.6 Å². The van der Waals surface area contributed by atoms with Crippen LogP contribution in [0.2, 0.25) is 0 Å². The lowest BCUT2D eigenvalue weighted by Gasteiger charge is -2.02. The molecule has 0 saturated heterocycles. The van der Waals surface area contributed by atoms with Gasteiger partial charge in [-0.25, -0.2) is 8.42 Å². The van der Waals surface area contributed by atoms with Gasteiger partial charge in [-0.15, -0.1) is 0 Å². The minimum atomic E-state index is -4.17. The number of nitriles is 1. The van der Waals surface area contributed by atoms with Gasteiger partial charge in [0.15, 0.2) is 0 Å². The van der Waals surface area contributed by atoms with Gasteiger partial charge in [-0.2, -0.15) is 5.26 Å². The van der Waals surface area contributed by atoms with Crippen molar-refractivity contribution < 1.29 is 13.3 Å². The van der Waals surface area contributed by atoms with Crippen molar-refractivity contribution in [2.24, 2.45) is 0 Å². The standard InChI is InChI=1S/C8H5ClN2O4S/c1-5-2-6(4-10)8(16(9,14)15)3-7(5)11(12)13/h2-3H,1H3. The molecule has 0 atom stereocenters. The van der Waals surface area contributed by atoms with E-state index >= 15 is 0 Å². The second-order valence-corrected chi connectivity index (χ2v) is 5.48. The van der Waals surface area contributed by atoms with Gasteiger partial charge < -0.3 is 0 Å². The summed E-state index contributed by atoms with van der Waals surface area (Å²) in [5, 5.41) is 19.3. The van der Waals surface area contributed by atoms with Crippen LogP contribution in [0.3, 0.4) is 0 Å². The predicted molar refractivity (Wildman–Crippen MR) is 55.6 cm³/mol. The van der Waals surface area contributed by atoms with E-state index in [1.165, 1.54) is 6.92 Å². The van der Waals surface area contributed by atoms with Crippen molar-refractivity contribution >= 4 is 25.4 Å². The van der Waals surface area contributed by atoms with Crippen molar-refractivity contribution in [3.63, 3.8) is 0 Å². The molecule has 1 aromatic carbocycles. The van der Waals surface area contributed by atoms with E-state index in [-0.39, 0.29) is 11.1 Å². The van der Waals surface area contributed by atoms with Crippen molar-refractivity contribution in [1.82, 2.24) is 0 Å². The first-order valence-corrected chi connectivity index (χ1v) is 6.22. The van der Waals surface area contributed by atoms with Gasteiger partial charge in [-0.3, -0.25) is 10.1 Å². The molecule has 0 spiro atoms. The monoisotopic (exact) mass is 260 g/mol. The molecule has 0 aliphatic heterocycles. The molecule has 1 aromatic rings. The molecule has 0 aliphatic rings. The van der Waals surface area contributed by atoms with Crippen molar-refractivity contribution in [2.75, 3.05) is 0 Å². The fourth-order valence-electron chi connectivity index (χ4n) is 1.16. The molecule has 1 rings (SSSR count). The summed E-state index contributed by atoms with van der Waals surface area (Å²) in [7, 11) is 0.897. The van der Waals surface area contributed by atoms with Gasteiger partial charge >= 0.3 is 0 Å². The van der Waals surface area contributed by atoms with Gasteiger partial charge in [0.05, 0.1) is 10.5 Å². The summed E-state index contributed by atoms with van der Waals surface area (Å²) < 4.78 is 22.2. The SMILES string of the molecule is Cc1cc(C#N)c(S(=O)(=O)Cl)cc1[N+](=O)[O-]. The average molecular weight is 261 g/mol. The fraction of sp³-hybridized carbons (Fsp3) is 0.125. The molecule has 84 valence electrons. The zero-order valence-electron chi connectivity index (χ0n) is 7.97. The van der Waals surface area contributed by atoms with Crippen LogP contribution in [0.1, 0.15) is 11.1 Å². The third-order valence-corrected chi connectivity index (χ3v) is 3.24. The van der Waals surface area contributed by atoms with Crippen LogP contribution in [0, 0.1) is 28.4 Å². The van der Waals surface area contributed by atoms with Crippen molar-refractivity contribution in [2.45, 2.75) is 11.8 Å². The summed E-state index contributed by atoms with van der Waals surface area (Å²) in [5.41, 5.74) is -0.401. The van der Waals surface area contributed by atoms with Gasteiger partial charge in [0.1, 0.15) is 11.0 Å². The third-order valence-electron chi connectivity index (χ3n) is 1.88. The second kappa shape index (κ2) is 4.08. The summed E-state index contributed by atoms with van der Waals surface area (Å²) in [5.74, 6) is 0. The quantitative estimate of drug-likeness (QED) is 0.457. The number of hydrogen-bond acceptors (Lipinski definition) is 5. The van der Waals surface area contributed by atoms with Crippen molar-refractivity contribution in [3.05, 3.63) is 33.4 Å². The average Bonchev–Trinajstić information content (AvgIpc) is 2.14. The largest absolute Gasteiger partial charge is 0.273 e. The molecule has 0 unspecified atom stereocenters. The number of nitro groups is 1. The van der Waals surface area contributed by atoms with Gasteiger partial charge in [0.2, 0.25) is 0 Å². The van der Waals surface area contributed by atoms with E-state index in [0.717, 1.165) is 12.1 Å². The molecule has 0 fully saturated rings. The highest BCUT2D eigenvalue weighted by atomic mass is 35.7. The Balaban J connectivity index is 3.68. The van der Waals surface area contributed by atoms with Gasteiger partial charge in [0.25, 0.3) is 14.7 Å². The number of aryl methyl sites for hydroxylation is 1. The lowest BCUT2D eigenvalue weighted by atomic mass is 10.1. The first-order chi connectivity index (χ1) is 7.27. The number of rotatable bonds is 2. The van der Waals surface area contributed by atoms with Crippen LogP contribution in [0.4, 0.5) is 5.69 Å². The van der Waals surface area contributed by atoms with E-state index in [9.17, 15) is 18.5 Å². The second-order valence-electron chi connectivity index (χ2n) is 2.94. The van der Waals surface area contributed by atoms with Crippen LogP contribution in [0.15, 0.2) is 17.0 Å². The molecule has 0 aromatic heterocycles. The molecule has 16 heavy (non-hydrogen) atoms. The van der Waals surface area contributed by atoms with Crippen LogP contribution >= 0.6 is 10.7 Å². The molecule has 0 N–H and O–H groups in total. The molecule has 6 nitrogen and oxygen atoms in total. The summed E-state index contributed by atoms with van der Waals surface area (Å²) in [4.78, 5) is 9.30. The van der Waals surface area contributed by atoms with Crippen molar-refractivity contribution in [1.29, 1.82) is 5.26 Å². The molecule has 0 heterocycles. The topological polar surface area (TPSA) is 101 Å². The number of nitro benzene ring substituents is 1. The Morgan fingerprint density at radius 1 is 1.50 bits per heavy atom. The molecule has 0 radical (unpaired) electrons. The number of hydrogen-bond donors (Lipinski definition) is 0. The summed E-state index contributed by atoms with van der Waals surface area (Å²) in [6.45, 7) is 1.41. The minimum Gasteiger partial charge on any atom is -0.258 e. The fourth-order valence-corrected chi connectivity index (χ4v) is 2.17. The Hall–Kier alpha value is -1.65. The lowest BCUT2D eigenvalue weighted by Crippen LogP contribution is -2.00. The zero-order valence-corrected chi connectivity index (χ0v) is 9.54. The maximum atomic E-state index is 11.1. The van der Waals surface area contributed by atoms with Crippen LogP contribution in [-0.2, 0) is 9.05 Å². The highest BCUT2D eigenvalue weighted by molar-refractivity contribution is 8.13. The Kier molecular flexibility index (Phi) is 3.16. The van der Waals surface area contributed by atoms with E-state index in [2.05, 4.69) is 0 Å². The van der Waals surface area contributed by atoms with Crippen LogP contribution in [-0.4, -0.2) is 13.3 Å². The summed E-state index contributed by atoms with van der Waals surface area (Å²) in [6.07, 6.45) is 0. The van der Waals surface area contributed by atoms with Crippen LogP contribution < -0.4 is 0 Å². The van der Waals surface area contributed by atoms with Crippen LogP contribution in [0.5, 0.6) is 0 Å². The summed E-state index contributed by atoms with van der Waals surface area (Å²) >= 11 is 0. The highest BCUT2D eigenvalue weighted by Gasteiger charge is 2.22. The van der Waals surface area contributed by atoms with Gasteiger partial charge in [-0.05, 0) is 13.0 Å². The summed E-state index contributed by atoms with van der Waals surface area (Å²) in [6, 6.07) is 3.53. The lowest BCUT2D eigenvalue weighted by molar-refractivity contribution is -0.385. The normalized spacial score (nSPS) is 10.8. The van der Waals surface area contributed by atoms with E-state index < -0.39 is 24.6 Å². The Bertz CT molecular complexity index is 603. The number of nitrogens with zero attached hydrogens (tertiary/aromatic N) is 2. The van der Waals surface area contributed by atoms with Crippen LogP contribution in [0.25, 0.3) is 0 Å². The molecular weight excluding hydrogens is 256 g/mol. The molecular formula is C8H5ClN2O4S. The first kappa shape index (κ1) is 12.4. The maximum Gasteiger partial charge on any atom is 0.273 e. The number of halogens is 1. The predicted octanol–water partition coefficient (Wildman–Crippen LogP) is 1.70. The first-order valence-electron chi connectivity index (χ1n) is 3.91. The van der Waals surface area contributed by atoms with Crippen molar-refractivity contribution in [3.8, 4) is 6.07 Å². The van der Waals surface area contributed by atoms with E-state index in [1.54, 1.807) is 6.07 Å². The molecule has 0 bridgehead atoms. The highest BCUT2D eigenvalue weighted by Crippen LogP contribution is 2.27.